The minimum absolute atomic E-state index is 0.547. The molecule has 0 radical (unpaired) electrons. The summed E-state index contributed by atoms with van der Waals surface area (Å²) in [5.74, 6) is 1.68. The van der Waals surface area contributed by atoms with Crippen molar-refractivity contribution in [3.63, 3.8) is 0 Å². The van der Waals surface area contributed by atoms with Crippen molar-refractivity contribution < 1.29 is 0 Å². The molecule has 0 saturated heterocycles. The van der Waals surface area contributed by atoms with E-state index in [0.29, 0.717) is 5.41 Å². The smallest absolute Gasteiger partial charge is 0.0105 e. The monoisotopic (exact) mass is 280 g/mol. The number of nitrogens with zero attached hydrogens (tertiary/aromatic N) is 1. The van der Waals surface area contributed by atoms with Crippen LogP contribution in [0.3, 0.4) is 0 Å². The van der Waals surface area contributed by atoms with Crippen molar-refractivity contribution in [2.75, 3.05) is 20.1 Å². The summed E-state index contributed by atoms with van der Waals surface area (Å²) in [7, 11) is 2.16. The Morgan fingerprint density at radius 3 is 2.45 bits per heavy atom. The average Bonchev–Trinajstić information content (AvgIpc) is 3.17. The van der Waals surface area contributed by atoms with Gasteiger partial charge in [-0.15, -0.1) is 0 Å². The number of nitrogens with one attached hydrogen (secondary N) is 1. The highest BCUT2D eigenvalue weighted by Gasteiger charge is 2.37. The molecule has 118 valence electrons. The molecule has 0 spiro atoms. The van der Waals surface area contributed by atoms with Gasteiger partial charge in [0.1, 0.15) is 0 Å². The van der Waals surface area contributed by atoms with E-state index in [2.05, 4.69) is 45.0 Å². The quantitative estimate of drug-likeness (QED) is 0.760. The second-order valence-corrected chi connectivity index (χ2v) is 8.47. The summed E-state index contributed by atoms with van der Waals surface area (Å²) in [5.41, 5.74) is 0.547. The van der Waals surface area contributed by atoms with Gasteiger partial charge in [0.15, 0.2) is 0 Å². The number of rotatable bonds is 7. The fourth-order valence-corrected chi connectivity index (χ4v) is 3.90. The highest BCUT2D eigenvalue weighted by Crippen LogP contribution is 2.40. The van der Waals surface area contributed by atoms with Gasteiger partial charge in [0.05, 0.1) is 0 Å². The summed E-state index contributed by atoms with van der Waals surface area (Å²) in [6.45, 7) is 12.3. The van der Waals surface area contributed by atoms with Gasteiger partial charge < -0.3 is 10.2 Å². The Labute approximate surface area is 126 Å². The van der Waals surface area contributed by atoms with Crippen LogP contribution in [0.25, 0.3) is 0 Å². The van der Waals surface area contributed by atoms with Gasteiger partial charge in [-0.05, 0) is 69.4 Å². The molecule has 0 aliphatic heterocycles. The maximum Gasteiger partial charge on any atom is 0.0105 e. The maximum atomic E-state index is 3.59. The van der Waals surface area contributed by atoms with Crippen LogP contribution in [0.2, 0.25) is 0 Å². The van der Waals surface area contributed by atoms with E-state index in [1.54, 1.807) is 0 Å². The van der Waals surface area contributed by atoms with Crippen LogP contribution in [0, 0.1) is 17.3 Å². The molecule has 2 rings (SSSR count). The Morgan fingerprint density at radius 1 is 1.20 bits per heavy atom. The minimum Gasteiger partial charge on any atom is -0.317 e. The third-order valence-corrected chi connectivity index (χ3v) is 5.41. The molecular weight excluding hydrogens is 244 g/mol. The average molecular weight is 281 g/mol. The lowest BCUT2D eigenvalue weighted by atomic mass is 9.69. The van der Waals surface area contributed by atoms with E-state index in [1.807, 2.05) is 0 Å². The summed E-state index contributed by atoms with van der Waals surface area (Å²) in [5, 5.41) is 3.59. The van der Waals surface area contributed by atoms with Gasteiger partial charge in [-0.25, -0.2) is 0 Å². The summed E-state index contributed by atoms with van der Waals surface area (Å²) in [6.07, 6.45) is 8.37. The predicted molar refractivity (Wildman–Crippen MR) is 88.0 cm³/mol. The Balaban J connectivity index is 1.92. The fraction of sp³-hybridized carbons (Fsp3) is 1.00. The van der Waals surface area contributed by atoms with Crippen LogP contribution in [-0.2, 0) is 0 Å². The lowest BCUT2D eigenvalue weighted by Crippen LogP contribution is -2.47. The molecule has 20 heavy (non-hydrogen) atoms. The second kappa shape index (κ2) is 6.79. The van der Waals surface area contributed by atoms with Gasteiger partial charge in [0, 0.05) is 18.6 Å². The molecule has 2 nitrogen and oxygen atoms in total. The summed E-state index contributed by atoms with van der Waals surface area (Å²) in [4.78, 5) is 2.82. The molecule has 2 fully saturated rings. The van der Waals surface area contributed by atoms with Crippen LogP contribution in [-0.4, -0.2) is 37.1 Å². The molecule has 2 aliphatic rings. The first-order chi connectivity index (χ1) is 9.41. The van der Waals surface area contributed by atoms with Crippen molar-refractivity contribution in [2.24, 2.45) is 17.3 Å². The summed E-state index contributed by atoms with van der Waals surface area (Å²) < 4.78 is 0. The van der Waals surface area contributed by atoms with E-state index in [4.69, 9.17) is 0 Å². The van der Waals surface area contributed by atoms with E-state index < -0.39 is 0 Å². The van der Waals surface area contributed by atoms with E-state index in [1.165, 1.54) is 51.6 Å². The second-order valence-electron chi connectivity index (χ2n) is 8.47. The van der Waals surface area contributed by atoms with E-state index in [-0.39, 0.29) is 0 Å². The first-order valence-electron chi connectivity index (χ1n) is 8.82. The normalized spacial score (nSPS) is 30.1. The van der Waals surface area contributed by atoms with Gasteiger partial charge >= 0.3 is 0 Å². The van der Waals surface area contributed by atoms with E-state index in [0.717, 1.165) is 23.9 Å². The lowest BCUT2D eigenvalue weighted by Gasteiger charge is -2.43. The molecule has 2 saturated carbocycles. The lowest BCUT2D eigenvalue weighted by molar-refractivity contribution is 0.0976. The van der Waals surface area contributed by atoms with Crippen LogP contribution in [0.1, 0.15) is 66.2 Å². The first kappa shape index (κ1) is 16.3. The molecule has 2 heteroatoms. The van der Waals surface area contributed by atoms with E-state index >= 15 is 0 Å². The van der Waals surface area contributed by atoms with Crippen molar-refractivity contribution in [2.45, 2.75) is 78.3 Å². The third-order valence-electron chi connectivity index (χ3n) is 5.41. The molecule has 2 unspecified atom stereocenters. The van der Waals surface area contributed by atoms with Gasteiger partial charge in [-0.2, -0.15) is 0 Å². The summed E-state index contributed by atoms with van der Waals surface area (Å²) >= 11 is 0. The molecule has 2 atom stereocenters. The highest BCUT2D eigenvalue weighted by molar-refractivity contribution is 4.93. The van der Waals surface area contributed by atoms with Gasteiger partial charge in [0.25, 0.3) is 0 Å². The van der Waals surface area contributed by atoms with Crippen molar-refractivity contribution in [1.82, 2.24) is 10.2 Å². The minimum atomic E-state index is 0.547. The Kier molecular flexibility index (Phi) is 5.53. The van der Waals surface area contributed by atoms with Gasteiger partial charge in [-0.3, -0.25) is 0 Å². The van der Waals surface area contributed by atoms with E-state index in [9.17, 15) is 0 Å². The van der Waals surface area contributed by atoms with Crippen molar-refractivity contribution in [3.8, 4) is 0 Å². The summed E-state index contributed by atoms with van der Waals surface area (Å²) in [6, 6.07) is 1.65. The van der Waals surface area contributed by atoms with Crippen LogP contribution in [0.15, 0.2) is 0 Å². The predicted octanol–water partition coefficient (Wildman–Crippen LogP) is 3.91. The third kappa shape index (κ3) is 4.73. The molecule has 2 aliphatic carbocycles. The SMILES string of the molecule is CNC1CCC(C)(C)CC1CN(CCC(C)C)C1CC1. The number of hydrogen-bond donors (Lipinski definition) is 1. The molecule has 0 aromatic heterocycles. The molecule has 1 N–H and O–H groups in total. The maximum absolute atomic E-state index is 3.59. The molecule has 0 bridgehead atoms. The fourth-order valence-electron chi connectivity index (χ4n) is 3.90. The van der Waals surface area contributed by atoms with Crippen LogP contribution in [0.4, 0.5) is 0 Å². The van der Waals surface area contributed by atoms with Crippen LogP contribution < -0.4 is 5.32 Å². The standard InChI is InChI=1S/C18H36N2/c1-14(2)9-11-20(16-6-7-16)13-15-12-18(3,4)10-8-17(15)19-5/h14-17,19H,6-13H2,1-5H3. The van der Waals surface area contributed by atoms with Crippen molar-refractivity contribution in [1.29, 1.82) is 0 Å². The zero-order chi connectivity index (χ0) is 14.8. The van der Waals surface area contributed by atoms with Crippen molar-refractivity contribution >= 4 is 0 Å². The zero-order valence-corrected chi connectivity index (χ0v) is 14.4. The Bertz CT molecular complexity index is 294. The number of hydrogen-bond acceptors (Lipinski definition) is 2. The largest absolute Gasteiger partial charge is 0.317 e. The molecule has 0 amide bonds. The molecule has 0 aromatic carbocycles. The highest BCUT2D eigenvalue weighted by atomic mass is 15.2. The topological polar surface area (TPSA) is 15.3 Å². The Morgan fingerprint density at radius 2 is 1.90 bits per heavy atom. The molecular formula is C18H36N2. The molecule has 0 aromatic rings. The van der Waals surface area contributed by atoms with Gasteiger partial charge in [0.2, 0.25) is 0 Å². The zero-order valence-electron chi connectivity index (χ0n) is 14.4. The van der Waals surface area contributed by atoms with Crippen LogP contribution in [0.5, 0.6) is 0 Å². The molecule has 0 heterocycles. The van der Waals surface area contributed by atoms with Gasteiger partial charge in [-0.1, -0.05) is 27.7 Å². The Hall–Kier alpha value is -0.0800. The van der Waals surface area contributed by atoms with Crippen LogP contribution >= 0.6 is 0 Å². The van der Waals surface area contributed by atoms with Crippen molar-refractivity contribution in [3.05, 3.63) is 0 Å². The first-order valence-corrected chi connectivity index (χ1v) is 8.82.